The number of nitrogens with one attached hydrogen (secondary N) is 1. The molecule has 3 rings (SSSR count). The summed E-state index contributed by atoms with van der Waals surface area (Å²) in [6.07, 6.45) is 1.31. The molecule has 2 aromatic carbocycles. The smallest absolute Gasteiger partial charge is 0.298 e. The van der Waals surface area contributed by atoms with Crippen molar-refractivity contribution in [3.8, 4) is 11.4 Å². The Bertz CT molecular complexity index is 1100. The molecule has 8 nitrogen and oxygen atoms in total. The van der Waals surface area contributed by atoms with Crippen molar-refractivity contribution >= 4 is 29.2 Å². The summed E-state index contributed by atoms with van der Waals surface area (Å²) in [4.78, 5) is 27.5. The largest absolute Gasteiger partial charge is 0.496 e. The number of benzene rings is 2. The van der Waals surface area contributed by atoms with Crippen molar-refractivity contribution in [2.45, 2.75) is 6.92 Å². The van der Waals surface area contributed by atoms with Gasteiger partial charge in [0.1, 0.15) is 11.4 Å². The second-order valence-corrected chi connectivity index (χ2v) is 6.08. The SMILES string of the molecule is COc1ccc(N=Cc2c(C)[nH]n(-c3cccc(Cl)c3)c2=O)c([N+](=O)[O-])c1. The number of halogens is 1. The van der Waals surface area contributed by atoms with Crippen LogP contribution in [0.2, 0.25) is 5.02 Å². The van der Waals surface area contributed by atoms with Gasteiger partial charge in [-0.05, 0) is 37.3 Å². The summed E-state index contributed by atoms with van der Waals surface area (Å²) in [5.74, 6) is 0.349. The Balaban J connectivity index is 2.02. The first-order chi connectivity index (χ1) is 12.9. The first-order valence-corrected chi connectivity index (χ1v) is 8.22. The molecule has 0 spiro atoms. The molecule has 0 aliphatic rings. The summed E-state index contributed by atoms with van der Waals surface area (Å²) in [5, 5.41) is 14.7. The highest BCUT2D eigenvalue weighted by Crippen LogP contribution is 2.31. The van der Waals surface area contributed by atoms with Crippen LogP contribution in [0.5, 0.6) is 5.75 Å². The number of hydrogen-bond donors (Lipinski definition) is 1. The highest BCUT2D eigenvalue weighted by molar-refractivity contribution is 6.30. The number of rotatable bonds is 5. The molecule has 9 heteroatoms. The third-order valence-corrected chi connectivity index (χ3v) is 4.13. The zero-order chi connectivity index (χ0) is 19.6. The first-order valence-electron chi connectivity index (χ1n) is 7.84. The lowest BCUT2D eigenvalue weighted by Crippen LogP contribution is -2.17. The van der Waals surface area contributed by atoms with Crippen molar-refractivity contribution in [3.05, 3.63) is 79.2 Å². The standard InChI is InChI=1S/C18H15ClN4O4/c1-11-15(18(24)22(21-11)13-5-3-4-12(19)8-13)10-20-16-7-6-14(27-2)9-17(16)23(25)26/h3-10,21H,1-2H3. The fraction of sp³-hybridized carbons (Fsp3) is 0.111. The molecule has 0 saturated carbocycles. The van der Waals surface area contributed by atoms with Crippen LogP contribution in [0.1, 0.15) is 11.3 Å². The summed E-state index contributed by atoms with van der Waals surface area (Å²) in [7, 11) is 1.42. The highest BCUT2D eigenvalue weighted by Gasteiger charge is 2.16. The minimum atomic E-state index is -0.552. The number of nitro groups is 1. The van der Waals surface area contributed by atoms with Crippen molar-refractivity contribution in [3.63, 3.8) is 0 Å². The number of nitro benzene ring substituents is 1. The number of aryl methyl sites for hydroxylation is 1. The number of ether oxygens (including phenoxy) is 1. The van der Waals surface area contributed by atoms with E-state index in [1.165, 1.54) is 30.1 Å². The molecule has 0 atom stereocenters. The second-order valence-electron chi connectivity index (χ2n) is 5.64. The molecular formula is C18H15ClN4O4. The molecular weight excluding hydrogens is 372 g/mol. The van der Waals surface area contributed by atoms with Crippen molar-refractivity contribution in [1.82, 2.24) is 9.78 Å². The lowest BCUT2D eigenvalue weighted by Gasteiger charge is -2.01. The number of methoxy groups -OCH3 is 1. The Hall–Kier alpha value is -3.39. The van der Waals surface area contributed by atoms with Crippen LogP contribution in [-0.2, 0) is 0 Å². The fourth-order valence-corrected chi connectivity index (χ4v) is 2.71. The normalized spacial score (nSPS) is 11.1. The zero-order valence-electron chi connectivity index (χ0n) is 14.5. The minimum absolute atomic E-state index is 0.120. The van der Waals surface area contributed by atoms with Gasteiger partial charge in [0, 0.05) is 16.9 Å². The predicted octanol–water partition coefficient (Wildman–Crippen LogP) is 3.79. The molecule has 1 N–H and O–H groups in total. The molecule has 0 amide bonds. The van der Waals surface area contributed by atoms with E-state index in [2.05, 4.69) is 10.1 Å². The number of aromatic nitrogens is 2. The molecule has 0 aliphatic heterocycles. The molecule has 1 heterocycles. The Kier molecular flexibility index (Phi) is 5.09. The van der Waals surface area contributed by atoms with E-state index >= 15 is 0 Å². The van der Waals surface area contributed by atoms with Gasteiger partial charge in [-0.1, -0.05) is 17.7 Å². The Morgan fingerprint density at radius 3 is 2.74 bits per heavy atom. The van der Waals surface area contributed by atoms with Gasteiger partial charge in [0.2, 0.25) is 0 Å². The molecule has 0 aliphatic carbocycles. The second kappa shape index (κ2) is 7.46. The number of aromatic amines is 1. The number of hydrogen-bond acceptors (Lipinski definition) is 5. The van der Waals surface area contributed by atoms with Crippen LogP contribution >= 0.6 is 11.6 Å². The van der Waals surface area contributed by atoms with Crippen molar-refractivity contribution in [2.24, 2.45) is 4.99 Å². The van der Waals surface area contributed by atoms with Gasteiger partial charge in [-0.15, -0.1) is 0 Å². The summed E-state index contributed by atoms with van der Waals surface area (Å²) in [6.45, 7) is 1.71. The maximum atomic E-state index is 12.7. The Labute approximate surface area is 158 Å². The van der Waals surface area contributed by atoms with Crippen LogP contribution in [0.25, 0.3) is 5.69 Å². The van der Waals surface area contributed by atoms with Crippen molar-refractivity contribution < 1.29 is 9.66 Å². The van der Waals surface area contributed by atoms with Crippen LogP contribution in [0.3, 0.4) is 0 Å². The van der Waals surface area contributed by atoms with Crippen LogP contribution in [0, 0.1) is 17.0 Å². The molecule has 0 unspecified atom stereocenters. The van der Waals surface area contributed by atoms with E-state index in [0.29, 0.717) is 27.7 Å². The van der Waals surface area contributed by atoms with E-state index in [9.17, 15) is 14.9 Å². The van der Waals surface area contributed by atoms with Crippen LogP contribution < -0.4 is 10.3 Å². The van der Waals surface area contributed by atoms with Gasteiger partial charge >= 0.3 is 0 Å². The average Bonchev–Trinajstić information content (AvgIpc) is 2.93. The summed E-state index contributed by atoms with van der Waals surface area (Å²) >= 11 is 5.98. The summed E-state index contributed by atoms with van der Waals surface area (Å²) in [6, 6.07) is 11.1. The van der Waals surface area contributed by atoms with Crippen LogP contribution in [0.4, 0.5) is 11.4 Å². The molecule has 0 bridgehead atoms. The average molecular weight is 387 g/mol. The quantitative estimate of drug-likeness (QED) is 0.409. The Morgan fingerprint density at radius 1 is 1.30 bits per heavy atom. The van der Waals surface area contributed by atoms with E-state index in [1.807, 2.05) is 0 Å². The van der Waals surface area contributed by atoms with E-state index in [0.717, 1.165) is 0 Å². The van der Waals surface area contributed by atoms with E-state index < -0.39 is 4.92 Å². The Morgan fingerprint density at radius 2 is 2.07 bits per heavy atom. The summed E-state index contributed by atoms with van der Waals surface area (Å²) < 4.78 is 6.34. The topological polar surface area (TPSA) is 103 Å². The van der Waals surface area contributed by atoms with Gasteiger partial charge in [-0.3, -0.25) is 20.0 Å². The molecule has 27 heavy (non-hydrogen) atoms. The molecule has 0 fully saturated rings. The number of nitrogens with zero attached hydrogens (tertiary/aromatic N) is 3. The zero-order valence-corrected chi connectivity index (χ0v) is 15.2. The lowest BCUT2D eigenvalue weighted by molar-refractivity contribution is -0.384. The maximum Gasteiger partial charge on any atom is 0.298 e. The van der Waals surface area contributed by atoms with Gasteiger partial charge in [-0.25, -0.2) is 9.67 Å². The number of aliphatic imine (C=N–C) groups is 1. The van der Waals surface area contributed by atoms with Gasteiger partial charge < -0.3 is 4.74 Å². The van der Waals surface area contributed by atoms with Crippen LogP contribution in [-0.4, -0.2) is 28.0 Å². The van der Waals surface area contributed by atoms with Crippen molar-refractivity contribution in [1.29, 1.82) is 0 Å². The van der Waals surface area contributed by atoms with E-state index in [-0.39, 0.29) is 16.9 Å². The number of H-pyrrole nitrogens is 1. The maximum absolute atomic E-state index is 12.7. The highest BCUT2D eigenvalue weighted by atomic mass is 35.5. The van der Waals surface area contributed by atoms with Gasteiger partial charge in [0.15, 0.2) is 0 Å². The van der Waals surface area contributed by atoms with Gasteiger partial charge in [0.05, 0.1) is 29.4 Å². The lowest BCUT2D eigenvalue weighted by atomic mass is 10.2. The third-order valence-electron chi connectivity index (χ3n) is 3.90. The molecule has 138 valence electrons. The van der Waals surface area contributed by atoms with Gasteiger partial charge in [0.25, 0.3) is 11.2 Å². The van der Waals surface area contributed by atoms with Crippen molar-refractivity contribution in [2.75, 3.05) is 7.11 Å². The minimum Gasteiger partial charge on any atom is -0.496 e. The first kappa shape index (κ1) is 18.4. The van der Waals surface area contributed by atoms with E-state index in [1.54, 1.807) is 37.3 Å². The third kappa shape index (κ3) is 3.75. The molecule has 1 aromatic heterocycles. The van der Waals surface area contributed by atoms with E-state index in [4.69, 9.17) is 16.3 Å². The fourth-order valence-electron chi connectivity index (χ4n) is 2.53. The van der Waals surface area contributed by atoms with Gasteiger partial charge in [-0.2, -0.15) is 0 Å². The monoisotopic (exact) mass is 386 g/mol. The molecule has 3 aromatic rings. The predicted molar refractivity (Wildman–Crippen MR) is 103 cm³/mol. The molecule has 0 radical (unpaired) electrons. The molecule has 0 saturated heterocycles. The van der Waals surface area contributed by atoms with Crippen LogP contribution in [0.15, 0.2) is 52.3 Å². The summed E-state index contributed by atoms with van der Waals surface area (Å²) in [5.41, 5.74) is 1.00.